The number of carboxylic acids is 2. The minimum absolute atomic E-state index is 0.424. The molecule has 1 heterocycles. The number of nitrogens with zero attached hydrogens (tertiary/aromatic N) is 1. The zero-order chi connectivity index (χ0) is 15.3. The van der Waals surface area contributed by atoms with Crippen molar-refractivity contribution < 1.29 is 24.6 Å². The molecule has 0 spiro atoms. The molecule has 8 nitrogen and oxygen atoms in total. The summed E-state index contributed by atoms with van der Waals surface area (Å²) in [5, 5.41) is 21.9. The standard InChI is InChI=1S/C12H15N3O5/c1-6-3-4-8(7(2)13-6)14-12(20)15-9(11(18)19)5-10(16)17/h3-4,9H,5H2,1-2H3,(H,16,17)(H,18,19)(H2,14,15,20)/t9-/m1/s1. The number of pyridine rings is 1. The number of hydrogen-bond acceptors (Lipinski definition) is 4. The van der Waals surface area contributed by atoms with Gasteiger partial charge in [0.2, 0.25) is 0 Å². The molecule has 0 bridgehead atoms. The Hall–Kier alpha value is -2.64. The second-order valence-electron chi connectivity index (χ2n) is 4.17. The Balaban J connectivity index is 2.70. The molecule has 108 valence electrons. The fourth-order valence-electron chi connectivity index (χ4n) is 1.51. The van der Waals surface area contributed by atoms with E-state index < -0.39 is 30.4 Å². The molecule has 0 saturated heterocycles. The molecule has 0 aliphatic carbocycles. The van der Waals surface area contributed by atoms with Gasteiger partial charge in [0.25, 0.3) is 0 Å². The number of anilines is 1. The Labute approximate surface area is 114 Å². The third kappa shape index (κ3) is 4.56. The molecule has 4 N–H and O–H groups in total. The van der Waals surface area contributed by atoms with Crippen LogP contribution in [0.25, 0.3) is 0 Å². The summed E-state index contributed by atoms with van der Waals surface area (Å²) in [7, 11) is 0. The predicted octanol–water partition coefficient (Wildman–Crippen LogP) is 0.748. The number of aliphatic carboxylic acids is 2. The molecule has 1 atom stereocenters. The molecular formula is C12H15N3O5. The number of urea groups is 1. The smallest absolute Gasteiger partial charge is 0.326 e. The highest BCUT2D eigenvalue weighted by Gasteiger charge is 2.23. The van der Waals surface area contributed by atoms with E-state index in [1.54, 1.807) is 26.0 Å². The van der Waals surface area contributed by atoms with E-state index in [0.717, 1.165) is 5.69 Å². The van der Waals surface area contributed by atoms with Crippen molar-refractivity contribution in [2.75, 3.05) is 5.32 Å². The van der Waals surface area contributed by atoms with Gasteiger partial charge in [-0.1, -0.05) is 0 Å². The van der Waals surface area contributed by atoms with Crippen molar-refractivity contribution >= 4 is 23.7 Å². The molecular weight excluding hydrogens is 266 g/mol. The Morgan fingerprint density at radius 1 is 1.25 bits per heavy atom. The summed E-state index contributed by atoms with van der Waals surface area (Å²) in [5.74, 6) is -2.73. The lowest BCUT2D eigenvalue weighted by atomic mass is 10.2. The van der Waals surface area contributed by atoms with Crippen LogP contribution in [0, 0.1) is 13.8 Å². The number of carbonyl (C=O) groups excluding carboxylic acids is 1. The van der Waals surface area contributed by atoms with E-state index in [9.17, 15) is 14.4 Å². The first kappa shape index (κ1) is 15.4. The van der Waals surface area contributed by atoms with Crippen LogP contribution in [0.4, 0.5) is 10.5 Å². The summed E-state index contributed by atoms with van der Waals surface area (Å²) in [4.78, 5) is 37.1. The van der Waals surface area contributed by atoms with Gasteiger partial charge < -0.3 is 20.8 Å². The molecule has 1 aromatic heterocycles. The van der Waals surface area contributed by atoms with Crippen LogP contribution in [0.2, 0.25) is 0 Å². The normalized spacial score (nSPS) is 11.5. The minimum Gasteiger partial charge on any atom is -0.481 e. The fourth-order valence-corrected chi connectivity index (χ4v) is 1.51. The monoisotopic (exact) mass is 281 g/mol. The van der Waals surface area contributed by atoms with Crippen LogP contribution < -0.4 is 10.6 Å². The van der Waals surface area contributed by atoms with E-state index in [2.05, 4.69) is 15.6 Å². The number of carbonyl (C=O) groups is 3. The van der Waals surface area contributed by atoms with Crippen molar-refractivity contribution in [1.29, 1.82) is 0 Å². The van der Waals surface area contributed by atoms with Gasteiger partial charge in [0.05, 0.1) is 17.8 Å². The van der Waals surface area contributed by atoms with Gasteiger partial charge in [-0.05, 0) is 26.0 Å². The molecule has 0 unspecified atom stereocenters. The maximum absolute atomic E-state index is 11.6. The molecule has 2 amide bonds. The van der Waals surface area contributed by atoms with Gasteiger partial charge in [-0.15, -0.1) is 0 Å². The van der Waals surface area contributed by atoms with Crippen LogP contribution in [0.3, 0.4) is 0 Å². The SMILES string of the molecule is Cc1ccc(NC(=O)N[C@H](CC(=O)O)C(=O)O)c(C)n1. The minimum atomic E-state index is -1.49. The predicted molar refractivity (Wildman–Crippen MR) is 69.5 cm³/mol. The van der Waals surface area contributed by atoms with Crippen molar-refractivity contribution in [2.45, 2.75) is 26.3 Å². The summed E-state index contributed by atoms with van der Waals surface area (Å²) >= 11 is 0. The molecule has 0 aliphatic rings. The van der Waals surface area contributed by atoms with E-state index in [1.807, 2.05) is 0 Å². The van der Waals surface area contributed by atoms with Gasteiger partial charge in [0.15, 0.2) is 0 Å². The van der Waals surface area contributed by atoms with Crippen LogP contribution >= 0.6 is 0 Å². The lowest BCUT2D eigenvalue weighted by Crippen LogP contribution is -2.44. The third-order valence-electron chi connectivity index (χ3n) is 2.46. The van der Waals surface area contributed by atoms with Crippen LogP contribution in [0.5, 0.6) is 0 Å². The summed E-state index contributed by atoms with van der Waals surface area (Å²) < 4.78 is 0. The first-order chi connectivity index (χ1) is 9.29. The Morgan fingerprint density at radius 3 is 2.40 bits per heavy atom. The summed E-state index contributed by atoms with van der Waals surface area (Å²) in [6.45, 7) is 3.48. The highest BCUT2D eigenvalue weighted by molar-refractivity contribution is 5.93. The van der Waals surface area contributed by atoms with E-state index in [0.29, 0.717) is 11.4 Å². The lowest BCUT2D eigenvalue weighted by molar-refractivity contribution is -0.145. The number of rotatable bonds is 5. The first-order valence-electron chi connectivity index (χ1n) is 5.76. The van der Waals surface area contributed by atoms with Gasteiger partial charge in [0.1, 0.15) is 6.04 Å². The van der Waals surface area contributed by atoms with Crippen LogP contribution in [-0.4, -0.2) is 39.2 Å². The maximum Gasteiger partial charge on any atom is 0.326 e. The number of carboxylic acid groups (broad SMARTS) is 2. The molecule has 20 heavy (non-hydrogen) atoms. The van der Waals surface area contributed by atoms with E-state index in [4.69, 9.17) is 10.2 Å². The van der Waals surface area contributed by atoms with Crippen LogP contribution in [-0.2, 0) is 9.59 Å². The zero-order valence-corrected chi connectivity index (χ0v) is 11.0. The van der Waals surface area contributed by atoms with Gasteiger partial charge >= 0.3 is 18.0 Å². The number of hydrogen-bond donors (Lipinski definition) is 4. The number of aryl methyl sites for hydroxylation is 2. The highest BCUT2D eigenvalue weighted by atomic mass is 16.4. The fraction of sp³-hybridized carbons (Fsp3) is 0.333. The van der Waals surface area contributed by atoms with Crippen molar-refractivity contribution in [3.05, 3.63) is 23.5 Å². The average molecular weight is 281 g/mol. The second-order valence-corrected chi connectivity index (χ2v) is 4.17. The Bertz CT molecular complexity index is 544. The quantitative estimate of drug-likeness (QED) is 0.630. The van der Waals surface area contributed by atoms with Crippen molar-refractivity contribution in [2.24, 2.45) is 0 Å². The second kappa shape index (κ2) is 6.50. The molecule has 0 aliphatic heterocycles. The molecule has 1 aromatic rings. The van der Waals surface area contributed by atoms with E-state index in [-0.39, 0.29) is 0 Å². The zero-order valence-electron chi connectivity index (χ0n) is 11.0. The summed E-state index contributed by atoms with van der Waals surface area (Å²) in [6.07, 6.45) is -0.701. The summed E-state index contributed by atoms with van der Waals surface area (Å²) in [5.41, 5.74) is 1.78. The Kier molecular flexibility index (Phi) is 5.01. The van der Waals surface area contributed by atoms with Crippen molar-refractivity contribution in [3.63, 3.8) is 0 Å². The molecule has 0 aromatic carbocycles. The molecule has 1 rings (SSSR count). The third-order valence-corrected chi connectivity index (χ3v) is 2.46. The van der Waals surface area contributed by atoms with Crippen LogP contribution in [0.1, 0.15) is 17.8 Å². The maximum atomic E-state index is 11.6. The highest BCUT2D eigenvalue weighted by Crippen LogP contribution is 2.12. The van der Waals surface area contributed by atoms with Gasteiger partial charge in [0, 0.05) is 5.69 Å². The molecule has 0 fully saturated rings. The molecule has 8 heteroatoms. The van der Waals surface area contributed by atoms with E-state index in [1.165, 1.54) is 0 Å². The molecule has 0 saturated carbocycles. The lowest BCUT2D eigenvalue weighted by Gasteiger charge is -2.14. The van der Waals surface area contributed by atoms with Crippen LogP contribution in [0.15, 0.2) is 12.1 Å². The number of amides is 2. The van der Waals surface area contributed by atoms with Gasteiger partial charge in [-0.2, -0.15) is 0 Å². The number of nitrogens with one attached hydrogen (secondary N) is 2. The van der Waals surface area contributed by atoms with Gasteiger partial charge in [-0.25, -0.2) is 9.59 Å². The largest absolute Gasteiger partial charge is 0.481 e. The number of aromatic nitrogens is 1. The average Bonchev–Trinajstić information content (AvgIpc) is 2.31. The topological polar surface area (TPSA) is 129 Å². The van der Waals surface area contributed by atoms with Gasteiger partial charge in [-0.3, -0.25) is 9.78 Å². The van der Waals surface area contributed by atoms with Crippen molar-refractivity contribution in [1.82, 2.24) is 10.3 Å². The summed E-state index contributed by atoms with van der Waals surface area (Å²) in [6, 6.07) is 1.03. The molecule has 0 radical (unpaired) electrons. The van der Waals surface area contributed by atoms with Crippen molar-refractivity contribution in [3.8, 4) is 0 Å². The Morgan fingerprint density at radius 2 is 1.90 bits per heavy atom. The van der Waals surface area contributed by atoms with E-state index >= 15 is 0 Å². The first-order valence-corrected chi connectivity index (χ1v) is 5.76.